The molecule has 0 heterocycles. The first-order valence-corrected chi connectivity index (χ1v) is 5.95. The smallest absolute Gasteiger partial charge is 0.233 e. The summed E-state index contributed by atoms with van der Waals surface area (Å²) < 4.78 is 5.20. The zero-order chi connectivity index (χ0) is 13.4. The highest BCUT2D eigenvalue weighted by atomic mass is 16.5. The average Bonchev–Trinajstić information content (AvgIpc) is 2.35. The topological polar surface area (TPSA) is 43.4 Å². The van der Waals surface area contributed by atoms with Gasteiger partial charge in [0.25, 0.3) is 0 Å². The molecule has 0 radical (unpaired) electrons. The Balaban J connectivity index is 2.76. The van der Waals surface area contributed by atoms with Crippen LogP contribution in [0.3, 0.4) is 0 Å². The first kappa shape index (κ1) is 12.6. The van der Waals surface area contributed by atoms with Gasteiger partial charge in [-0.1, -0.05) is 13.8 Å². The fourth-order valence-corrected chi connectivity index (χ4v) is 2.18. The van der Waals surface area contributed by atoms with E-state index in [0.29, 0.717) is 16.9 Å². The second-order valence-electron chi connectivity index (χ2n) is 4.82. The van der Waals surface area contributed by atoms with Crippen LogP contribution in [0.15, 0.2) is 17.7 Å². The van der Waals surface area contributed by atoms with Crippen molar-refractivity contribution >= 4 is 17.6 Å². The molecule has 1 aliphatic rings. The van der Waals surface area contributed by atoms with Gasteiger partial charge in [0.1, 0.15) is 5.75 Å². The number of methoxy groups -OCH3 is 1. The number of ether oxygens (including phenoxy) is 1. The molecule has 0 fully saturated rings. The van der Waals surface area contributed by atoms with E-state index < -0.39 is 11.6 Å². The zero-order valence-corrected chi connectivity index (χ0v) is 11.0. The molecule has 0 saturated carbocycles. The van der Waals surface area contributed by atoms with Crippen LogP contribution in [-0.2, 0) is 4.79 Å². The normalized spacial score (nSPS) is 14.6. The van der Waals surface area contributed by atoms with E-state index in [0.717, 1.165) is 11.1 Å². The van der Waals surface area contributed by atoms with Crippen molar-refractivity contribution in [1.82, 2.24) is 0 Å². The molecular formula is C15H16O3. The Morgan fingerprint density at radius 2 is 1.78 bits per heavy atom. The van der Waals surface area contributed by atoms with Crippen LogP contribution in [0.4, 0.5) is 0 Å². The Labute approximate surface area is 106 Å². The SMILES string of the molecule is COc1cc2c(c(C(C)C)c1)C=C(C)C(=O)C2=O. The lowest BCUT2D eigenvalue weighted by Crippen LogP contribution is -2.21. The first-order valence-electron chi connectivity index (χ1n) is 5.95. The predicted molar refractivity (Wildman–Crippen MR) is 70.1 cm³/mol. The van der Waals surface area contributed by atoms with Crippen molar-refractivity contribution in [3.63, 3.8) is 0 Å². The zero-order valence-electron chi connectivity index (χ0n) is 11.0. The minimum absolute atomic E-state index is 0.263. The Hall–Kier alpha value is -1.90. The maximum Gasteiger partial charge on any atom is 0.233 e. The fraction of sp³-hybridized carbons (Fsp3) is 0.333. The maximum absolute atomic E-state index is 12.0. The number of rotatable bonds is 2. The van der Waals surface area contributed by atoms with Gasteiger partial charge in [-0.25, -0.2) is 0 Å². The van der Waals surface area contributed by atoms with Crippen molar-refractivity contribution in [2.45, 2.75) is 26.7 Å². The second-order valence-corrected chi connectivity index (χ2v) is 4.82. The number of allylic oxidation sites excluding steroid dienone is 1. The highest BCUT2D eigenvalue weighted by molar-refractivity contribution is 6.51. The number of Topliss-reactive ketones (excluding diaryl/α,β-unsaturated/α-hetero) is 2. The van der Waals surface area contributed by atoms with Crippen LogP contribution < -0.4 is 4.74 Å². The Morgan fingerprint density at radius 1 is 1.11 bits per heavy atom. The van der Waals surface area contributed by atoms with Gasteiger partial charge in [0.15, 0.2) is 0 Å². The molecule has 0 aromatic heterocycles. The number of benzene rings is 1. The molecule has 0 bridgehead atoms. The summed E-state index contributed by atoms with van der Waals surface area (Å²) in [7, 11) is 1.56. The van der Waals surface area contributed by atoms with Crippen molar-refractivity contribution < 1.29 is 14.3 Å². The van der Waals surface area contributed by atoms with Gasteiger partial charge in [-0.2, -0.15) is 0 Å². The Kier molecular flexibility index (Phi) is 3.07. The van der Waals surface area contributed by atoms with E-state index >= 15 is 0 Å². The summed E-state index contributed by atoms with van der Waals surface area (Å²) in [6, 6.07) is 3.57. The third-order valence-electron chi connectivity index (χ3n) is 3.21. The number of hydrogen-bond donors (Lipinski definition) is 0. The van der Waals surface area contributed by atoms with E-state index in [1.165, 1.54) is 0 Å². The molecule has 0 saturated heterocycles. The molecule has 3 nitrogen and oxygen atoms in total. The van der Waals surface area contributed by atoms with Crippen molar-refractivity contribution in [1.29, 1.82) is 0 Å². The van der Waals surface area contributed by atoms with Crippen LogP contribution >= 0.6 is 0 Å². The number of ketones is 2. The van der Waals surface area contributed by atoms with Gasteiger partial charge in [0, 0.05) is 11.1 Å². The number of carbonyl (C=O) groups is 2. The second kappa shape index (κ2) is 4.41. The molecule has 2 rings (SSSR count). The molecule has 0 aliphatic heterocycles. The highest BCUT2D eigenvalue weighted by Gasteiger charge is 2.28. The molecule has 0 amide bonds. The Morgan fingerprint density at radius 3 is 2.33 bits per heavy atom. The largest absolute Gasteiger partial charge is 0.497 e. The fourth-order valence-electron chi connectivity index (χ4n) is 2.18. The molecule has 18 heavy (non-hydrogen) atoms. The number of fused-ring (bicyclic) bond motifs is 1. The van der Waals surface area contributed by atoms with Crippen LogP contribution in [-0.4, -0.2) is 18.7 Å². The lowest BCUT2D eigenvalue weighted by Gasteiger charge is -2.19. The summed E-state index contributed by atoms with van der Waals surface area (Å²) in [4.78, 5) is 23.7. The van der Waals surface area contributed by atoms with Crippen LogP contribution in [0, 0.1) is 0 Å². The average molecular weight is 244 g/mol. The van der Waals surface area contributed by atoms with Gasteiger partial charge in [0.05, 0.1) is 7.11 Å². The summed E-state index contributed by atoms with van der Waals surface area (Å²) in [6.45, 7) is 5.79. The summed E-state index contributed by atoms with van der Waals surface area (Å²) in [5, 5.41) is 0. The van der Waals surface area contributed by atoms with E-state index in [4.69, 9.17) is 4.74 Å². The molecule has 1 aromatic carbocycles. The van der Waals surface area contributed by atoms with Crippen LogP contribution in [0.1, 0.15) is 48.2 Å². The number of carbonyl (C=O) groups excluding carboxylic acids is 2. The standard InChI is InChI=1S/C15H16O3/c1-8(2)11-6-10(18-4)7-13-12(11)5-9(3)14(16)15(13)17/h5-8H,1-4H3. The van der Waals surface area contributed by atoms with Gasteiger partial charge in [-0.15, -0.1) is 0 Å². The third-order valence-corrected chi connectivity index (χ3v) is 3.21. The van der Waals surface area contributed by atoms with Gasteiger partial charge < -0.3 is 4.74 Å². The molecule has 3 heteroatoms. The molecule has 94 valence electrons. The van der Waals surface area contributed by atoms with E-state index in [9.17, 15) is 9.59 Å². The van der Waals surface area contributed by atoms with E-state index in [1.807, 2.05) is 6.07 Å². The predicted octanol–water partition coefficient (Wildman–Crippen LogP) is 2.99. The van der Waals surface area contributed by atoms with E-state index in [2.05, 4.69) is 13.8 Å². The number of hydrogen-bond acceptors (Lipinski definition) is 3. The molecule has 0 unspecified atom stereocenters. The van der Waals surface area contributed by atoms with Gasteiger partial charge in [-0.05, 0) is 42.2 Å². The van der Waals surface area contributed by atoms with Crippen LogP contribution in [0.5, 0.6) is 5.75 Å². The molecule has 1 aromatic rings. The lowest BCUT2D eigenvalue weighted by atomic mass is 9.84. The van der Waals surface area contributed by atoms with Crippen molar-refractivity contribution in [3.8, 4) is 5.75 Å². The molecule has 1 aliphatic carbocycles. The van der Waals surface area contributed by atoms with E-state index in [1.54, 1.807) is 26.2 Å². The first-order chi connectivity index (χ1) is 8.45. The van der Waals surface area contributed by atoms with Crippen molar-refractivity contribution in [3.05, 3.63) is 34.4 Å². The van der Waals surface area contributed by atoms with Crippen LogP contribution in [0.25, 0.3) is 6.08 Å². The third kappa shape index (κ3) is 1.86. The minimum Gasteiger partial charge on any atom is -0.497 e. The summed E-state index contributed by atoms with van der Waals surface area (Å²) in [6.07, 6.45) is 1.80. The highest BCUT2D eigenvalue weighted by Crippen LogP contribution is 2.33. The lowest BCUT2D eigenvalue weighted by molar-refractivity contribution is -0.111. The maximum atomic E-state index is 12.0. The van der Waals surface area contributed by atoms with Gasteiger partial charge in [0.2, 0.25) is 11.6 Å². The minimum atomic E-state index is -0.439. The summed E-state index contributed by atoms with van der Waals surface area (Å²) in [5.41, 5.74) is 2.84. The quantitative estimate of drug-likeness (QED) is 0.751. The molecule has 0 N–H and O–H groups in total. The van der Waals surface area contributed by atoms with Gasteiger partial charge >= 0.3 is 0 Å². The molecular weight excluding hydrogens is 228 g/mol. The van der Waals surface area contributed by atoms with Crippen molar-refractivity contribution in [2.75, 3.05) is 7.11 Å². The summed E-state index contributed by atoms with van der Waals surface area (Å²) in [5.74, 6) is 0.0155. The molecule has 0 spiro atoms. The Bertz CT molecular complexity index is 565. The van der Waals surface area contributed by atoms with E-state index in [-0.39, 0.29) is 5.92 Å². The molecule has 0 atom stereocenters. The summed E-state index contributed by atoms with van der Waals surface area (Å²) >= 11 is 0. The van der Waals surface area contributed by atoms with Crippen LogP contribution in [0.2, 0.25) is 0 Å². The monoisotopic (exact) mass is 244 g/mol. The van der Waals surface area contributed by atoms with Crippen molar-refractivity contribution in [2.24, 2.45) is 0 Å². The van der Waals surface area contributed by atoms with Gasteiger partial charge in [-0.3, -0.25) is 9.59 Å².